The summed E-state index contributed by atoms with van der Waals surface area (Å²) in [7, 11) is 0. The minimum atomic E-state index is -0.524. The number of hydrogen-bond donors (Lipinski definition) is 1. The Kier molecular flexibility index (Phi) is 2.38. The van der Waals surface area contributed by atoms with E-state index in [0.29, 0.717) is 0 Å². The van der Waals surface area contributed by atoms with Crippen molar-refractivity contribution in [2.45, 2.75) is 0 Å². The number of nitrogens with zero attached hydrogens (tertiary/aromatic N) is 2. The second kappa shape index (κ2) is 3.30. The van der Waals surface area contributed by atoms with Crippen molar-refractivity contribution in [1.29, 1.82) is 0 Å². The van der Waals surface area contributed by atoms with E-state index in [9.17, 15) is 4.39 Å². The van der Waals surface area contributed by atoms with Gasteiger partial charge in [0.2, 0.25) is 0 Å². The van der Waals surface area contributed by atoms with Gasteiger partial charge in [0.25, 0.3) is 0 Å². The molecule has 0 unspecified atom stereocenters. The molecule has 0 saturated carbocycles. The highest BCUT2D eigenvalue weighted by molar-refractivity contribution is 6.69. The minimum absolute atomic E-state index is 0.183. The first-order valence-corrected chi connectivity index (χ1v) is 3.10. The van der Waals surface area contributed by atoms with Crippen LogP contribution >= 0.6 is 11.6 Å². The maximum atomic E-state index is 12.4. The maximum absolute atomic E-state index is 12.4. The van der Waals surface area contributed by atoms with E-state index < -0.39 is 5.82 Å². The van der Waals surface area contributed by atoms with Crippen LogP contribution in [-0.4, -0.2) is 15.4 Å². The van der Waals surface area contributed by atoms with Gasteiger partial charge in [-0.3, -0.25) is 4.98 Å². The fourth-order valence-corrected chi connectivity index (χ4v) is 0.686. The Morgan fingerprint density at radius 2 is 2.36 bits per heavy atom. The Labute approximate surface area is 67.1 Å². The largest absolute Gasteiger partial charge is 0.410 e. The van der Waals surface area contributed by atoms with Gasteiger partial charge in [-0.1, -0.05) is 16.8 Å². The summed E-state index contributed by atoms with van der Waals surface area (Å²) in [5.41, 5.74) is 0.245. The normalized spacial score (nSPS) is 11.6. The van der Waals surface area contributed by atoms with Gasteiger partial charge in [-0.15, -0.1) is 0 Å². The maximum Gasteiger partial charge on any atom is 0.176 e. The second-order valence-corrected chi connectivity index (χ2v) is 2.14. The average molecular weight is 175 g/mol. The van der Waals surface area contributed by atoms with Gasteiger partial charge in [0, 0.05) is 11.8 Å². The van der Waals surface area contributed by atoms with Crippen molar-refractivity contribution in [3.8, 4) is 0 Å². The summed E-state index contributed by atoms with van der Waals surface area (Å²) >= 11 is 5.36. The molecule has 1 aromatic heterocycles. The highest BCUT2D eigenvalue weighted by Crippen LogP contribution is 2.04. The van der Waals surface area contributed by atoms with Crippen molar-refractivity contribution in [1.82, 2.24) is 4.98 Å². The van der Waals surface area contributed by atoms with Crippen LogP contribution in [0.2, 0.25) is 0 Å². The van der Waals surface area contributed by atoms with Gasteiger partial charge in [0.15, 0.2) is 5.17 Å². The third-order valence-electron chi connectivity index (χ3n) is 1.03. The standard InChI is InChI=1S/C6H4ClFN2O/c7-6(10-11)4-1-5(8)3-9-2-4/h1-3,11H. The van der Waals surface area contributed by atoms with Crippen LogP contribution in [0.15, 0.2) is 23.6 Å². The van der Waals surface area contributed by atoms with Gasteiger partial charge in [-0.05, 0) is 6.07 Å². The van der Waals surface area contributed by atoms with E-state index in [1.165, 1.54) is 6.20 Å². The van der Waals surface area contributed by atoms with E-state index in [2.05, 4.69) is 10.1 Å². The van der Waals surface area contributed by atoms with E-state index in [1.807, 2.05) is 0 Å². The smallest absolute Gasteiger partial charge is 0.176 e. The van der Waals surface area contributed by atoms with Crippen LogP contribution < -0.4 is 0 Å². The first kappa shape index (κ1) is 7.94. The molecule has 11 heavy (non-hydrogen) atoms. The summed E-state index contributed by atoms with van der Waals surface area (Å²) in [6, 6.07) is 1.12. The van der Waals surface area contributed by atoms with E-state index in [-0.39, 0.29) is 10.7 Å². The Morgan fingerprint density at radius 1 is 1.64 bits per heavy atom. The lowest BCUT2D eigenvalue weighted by Gasteiger charge is -1.93. The van der Waals surface area contributed by atoms with Crippen LogP contribution in [0, 0.1) is 5.82 Å². The van der Waals surface area contributed by atoms with Crippen molar-refractivity contribution in [3.63, 3.8) is 0 Å². The number of halogens is 2. The molecule has 1 heterocycles. The van der Waals surface area contributed by atoms with Gasteiger partial charge >= 0.3 is 0 Å². The fourth-order valence-electron chi connectivity index (χ4n) is 0.582. The summed E-state index contributed by atoms with van der Waals surface area (Å²) in [4.78, 5) is 3.50. The number of aromatic nitrogens is 1. The van der Waals surface area contributed by atoms with Crippen LogP contribution in [-0.2, 0) is 0 Å². The monoisotopic (exact) mass is 174 g/mol. The molecule has 0 aliphatic rings. The number of rotatable bonds is 1. The minimum Gasteiger partial charge on any atom is -0.410 e. The molecule has 0 fully saturated rings. The predicted molar refractivity (Wildman–Crippen MR) is 38.4 cm³/mol. The topological polar surface area (TPSA) is 45.5 Å². The number of pyridine rings is 1. The fraction of sp³-hybridized carbons (Fsp3) is 0. The molecule has 0 atom stereocenters. The molecule has 58 valence electrons. The first-order valence-electron chi connectivity index (χ1n) is 2.72. The van der Waals surface area contributed by atoms with Gasteiger partial charge in [-0.2, -0.15) is 0 Å². The molecule has 1 N–H and O–H groups in total. The third-order valence-corrected chi connectivity index (χ3v) is 1.32. The summed E-state index contributed by atoms with van der Waals surface area (Å²) < 4.78 is 12.4. The second-order valence-electron chi connectivity index (χ2n) is 1.78. The SMILES string of the molecule is ON=C(Cl)c1cncc(F)c1. The lowest BCUT2D eigenvalue weighted by Crippen LogP contribution is -1.92. The van der Waals surface area contributed by atoms with Crippen LogP contribution in [0.3, 0.4) is 0 Å². The molecular weight excluding hydrogens is 171 g/mol. The molecule has 0 bridgehead atoms. The number of oxime groups is 1. The van der Waals surface area contributed by atoms with Crippen LogP contribution in [0.25, 0.3) is 0 Å². The van der Waals surface area contributed by atoms with Gasteiger partial charge in [0.05, 0.1) is 6.20 Å². The van der Waals surface area contributed by atoms with E-state index in [1.54, 1.807) is 0 Å². The van der Waals surface area contributed by atoms with Crippen molar-refractivity contribution >= 4 is 16.8 Å². The molecular formula is C6H4ClFN2O. The van der Waals surface area contributed by atoms with Crippen LogP contribution in [0.4, 0.5) is 4.39 Å². The predicted octanol–water partition coefficient (Wildman–Crippen LogP) is 1.60. The molecule has 0 radical (unpaired) electrons. The lowest BCUT2D eigenvalue weighted by molar-refractivity contribution is 0.321. The summed E-state index contributed by atoms with van der Waals surface area (Å²) in [6.07, 6.45) is 2.33. The van der Waals surface area contributed by atoms with E-state index in [0.717, 1.165) is 12.3 Å². The zero-order valence-electron chi connectivity index (χ0n) is 5.33. The van der Waals surface area contributed by atoms with Gasteiger partial charge in [0.1, 0.15) is 5.82 Å². The summed E-state index contributed by atoms with van der Waals surface area (Å²) in [6.45, 7) is 0. The lowest BCUT2D eigenvalue weighted by atomic mass is 10.3. The Bertz CT molecular complexity index is 290. The summed E-state index contributed by atoms with van der Waals surface area (Å²) in [5, 5.41) is 10.7. The quantitative estimate of drug-likeness (QED) is 0.399. The highest BCUT2D eigenvalue weighted by atomic mass is 35.5. The molecule has 3 nitrogen and oxygen atoms in total. The first-order chi connectivity index (χ1) is 5.24. The van der Waals surface area contributed by atoms with Crippen molar-refractivity contribution < 1.29 is 9.60 Å². The molecule has 1 aromatic rings. The van der Waals surface area contributed by atoms with Crippen molar-refractivity contribution in [2.75, 3.05) is 0 Å². The zero-order valence-corrected chi connectivity index (χ0v) is 6.09. The molecule has 0 saturated heterocycles. The Balaban J connectivity index is 3.06. The molecule has 5 heteroatoms. The van der Waals surface area contributed by atoms with E-state index >= 15 is 0 Å². The number of hydrogen-bond acceptors (Lipinski definition) is 3. The van der Waals surface area contributed by atoms with Gasteiger partial charge in [-0.25, -0.2) is 4.39 Å². The van der Waals surface area contributed by atoms with Gasteiger partial charge < -0.3 is 5.21 Å². The zero-order chi connectivity index (χ0) is 8.27. The molecule has 0 amide bonds. The van der Waals surface area contributed by atoms with E-state index in [4.69, 9.17) is 16.8 Å². The van der Waals surface area contributed by atoms with Crippen LogP contribution in [0.1, 0.15) is 5.56 Å². The Morgan fingerprint density at radius 3 is 2.91 bits per heavy atom. The van der Waals surface area contributed by atoms with Crippen LogP contribution in [0.5, 0.6) is 0 Å². The van der Waals surface area contributed by atoms with Crippen molar-refractivity contribution in [3.05, 3.63) is 29.8 Å². The Hall–Kier alpha value is -1.16. The summed E-state index contributed by atoms with van der Waals surface area (Å²) in [5.74, 6) is -0.524. The average Bonchev–Trinajstić information content (AvgIpc) is 2.03. The molecule has 0 aliphatic heterocycles. The van der Waals surface area contributed by atoms with Crippen molar-refractivity contribution in [2.24, 2.45) is 5.16 Å². The highest BCUT2D eigenvalue weighted by Gasteiger charge is 2.00. The molecule has 0 aromatic carbocycles. The molecule has 1 rings (SSSR count). The molecule has 0 aliphatic carbocycles. The molecule has 0 spiro atoms. The third kappa shape index (κ3) is 1.88.